The van der Waals surface area contributed by atoms with Gasteiger partial charge in [0.25, 0.3) is 0 Å². The van der Waals surface area contributed by atoms with Crippen molar-refractivity contribution in [3.63, 3.8) is 0 Å². The van der Waals surface area contributed by atoms with Crippen LogP contribution in [0, 0.1) is 5.41 Å². The smallest absolute Gasteiger partial charge is 0.224 e. The molecule has 0 unspecified atom stereocenters. The zero-order valence-electron chi connectivity index (χ0n) is 11.5. The number of carbonyl (C=O) groups is 2. The lowest BCUT2D eigenvalue weighted by Crippen LogP contribution is -2.44. The van der Waals surface area contributed by atoms with Crippen molar-refractivity contribution in [2.45, 2.75) is 40.2 Å². The molecule has 1 aromatic carbocycles. The van der Waals surface area contributed by atoms with Crippen LogP contribution >= 0.6 is 0 Å². The number of hydrogen-bond acceptors (Lipinski definition) is 2. The number of benzene rings is 1. The fourth-order valence-electron chi connectivity index (χ4n) is 1.79. The Bertz CT molecular complexity index is 418. The highest BCUT2D eigenvalue weighted by Crippen LogP contribution is 2.16. The Morgan fingerprint density at radius 1 is 1.17 bits per heavy atom. The average molecular weight is 247 g/mol. The van der Waals surface area contributed by atoms with E-state index in [4.69, 9.17) is 0 Å². The number of Topliss-reactive ketones (excluding diaryl/α,β-unsaturated/α-hetero) is 1. The molecule has 3 nitrogen and oxygen atoms in total. The lowest BCUT2D eigenvalue weighted by Gasteiger charge is -2.22. The van der Waals surface area contributed by atoms with Crippen molar-refractivity contribution in [2.24, 2.45) is 5.41 Å². The molecule has 1 aromatic rings. The summed E-state index contributed by atoms with van der Waals surface area (Å²) < 4.78 is 0. The fourth-order valence-corrected chi connectivity index (χ4v) is 1.79. The summed E-state index contributed by atoms with van der Waals surface area (Å²) in [7, 11) is 0. The van der Waals surface area contributed by atoms with E-state index in [0.717, 1.165) is 5.56 Å². The number of nitrogens with one attached hydrogen (secondary N) is 1. The van der Waals surface area contributed by atoms with Crippen molar-refractivity contribution in [1.82, 2.24) is 5.32 Å². The predicted octanol–water partition coefficient (Wildman–Crippen LogP) is 2.35. The second-order valence-corrected chi connectivity index (χ2v) is 5.57. The number of ketones is 1. The maximum absolute atomic E-state index is 11.9. The Balaban J connectivity index is 2.53. The van der Waals surface area contributed by atoms with Crippen LogP contribution in [0.1, 0.15) is 33.3 Å². The van der Waals surface area contributed by atoms with Crippen LogP contribution < -0.4 is 5.32 Å². The summed E-state index contributed by atoms with van der Waals surface area (Å²) in [5, 5.41) is 2.75. The highest BCUT2D eigenvalue weighted by molar-refractivity contribution is 5.92. The van der Waals surface area contributed by atoms with E-state index in [9.17, 15) is 9.59 Å². The molecule has 0 saturated carbocycles. The Hall–Kier alpha value is -1.64. The molecule has 0 saturated heterocycles. The first kappa shape index (κ1) is 14.4. The van der Waals surface area contributed by atoms with E-state index >= 15 is 0 Å². The minimum Gasteiger partial charge on any atom is -0.346 e. The number of rotatable bonds is 4. The lowest BCUT2D eigenvalue weighted by molar-refractivity contribution is -0.131. The molecule has 0 heterocycles. The van der Waals surface area contributed by atoms with Crippen LogP contribution in [0.2, 0.25) is 0 Å². The Labute approximate surface area is 109 Å². The van der Waals surface area contributed by atoms with E-state index in [1.807, 2.05) is 51.1 Å². The molecule has 0 radical (unpaired) electrons. The summed E-state index contributed by atoms with van der Waals surface area (Å²) in [5.41, 5.74) is 0.518. The lowest BCUT2D eigenvalue weighted by atomic mass is 9.87. The third kappa shape index (κ3) is 4.32. The monoisotopic (exact) mass is 247 g/mol. The second kappa shape index (κ2) is 5.80. The Morgan fingerprint density at radius 3 is 2.22 bits per heavy atom. The molecule has 1 rings (SSSR count). The molecular formula is C15H21NO2. The van der Waals surface area contributed by atoms with Crippen LogP contribution in [0.3, 0.4) is 0 Å². The molecule has 0 aliphatic carbocycles. The molecule has 1 N–H and O–H groups in total. The molecule has 3 heteroatoms. The van der Waals surface area contributed by atoms with E-state index in [-0.39, 0.29) is 11.7 Å². The van der Waals surface area contributed by atoms with E-state index in [0.29, 0.717) is 6.42 Å². The van der Waals surface area contributed by atoms with E-state index < -0.39 is 11.5 Å². The van der Waals surface area contributed by atoms with Crippen molar-refractivity contribution < 1.29 is 9.59 Å². The van der Waals surface area contributed by atoms with Crippen LogP contribution in [0.25, 0.3) is 0 Å². The molecule has 0 aromatic heterocycles. The molecule has 1 atom stereocenters. The van der Waals surface area contributed by atoms with E-state index in [2.05, 4.69) is 5.32 Å². The van der Waals surface area contributed by atoms with Gasteiger partial charge < -0.3 is 5.32 Å². The average Bonchev–Trinajstić information content (AvgIpc) is 2.27. The molecule has 1 amide bonds. The first-order chi connectivity index (χ1) is 8.30. The minimum atomic E-state index is -0.443. The van der Waals surface area contributed by atoms with Gasteiger partial charge in [-0.05, 0) is 12.5 Å². The zero-order valence-corrected chi connectivity index (χ0v) is 11.5. The second-order valence-electron chi connectivity index (χ2n) is 5.57. The summed E-state index contributed by atoms with van der Waals surface area (Å²) in [4.78, 5) is 23.7. The van der Waals surface area contributed by atoms with Crippen molar-refractivity contribution >= 4 is 11.7 Å². The minimum absolute atomic E-state index is 0.0453. The Kier molecular flexibility index (Phi) is 4.65. The van der Waals surface area contributed by atoms with Crippen molar-refractivity contribution in [3.8, 4) is 0 Å². The van der Waals surface area contributed by atoms with Crippen LogP contribution in [0.15, 0.2) is 30.3 Å². The van der Waals surface area contributed by atoms with Gasteiger partial charge in [-0.3, -0.25) is 9.59 Å². The molecule has 0 spiro atoms. The predicted molar refractivity (Wildman–Crippen MR) is 72.2 cm³/mol. The highest BCUT2D eigenvalue weighted by atomic mass is 16.2. The van der Waals surface area contributed by atoms with Gasteiger partial charge >= 0.3 is 0 Å². The maximum Gasteiger partial charge on any atom is 0.224 e. The number of carbonyl (C=O) groups excluding carboxylic acids is 2. The van der Waals surface area contributed by atoms with Gasteiger partial charge in [-0.2, -0.15) is 0 Å². The van der Waals surface area contributed by atoms with Gasteiger partial charge in [0.2, 0.25) is 5.91 Å². The molecule has 98 valence electrons. The summed E-state index contributed by atoms with van der Waals surface area (Å²) >= 11 is 0. The first-order valence-electron chi connectivity index (χ1n) is 6.18. The molecule has 0 aliphatic heterocycles. The van der Waals surface area contributed by atoms with Gasteiger partial charge in [0.15, 0.2) is 5.78 Å². The van der Waals surface area contributed by atoms with Gasteiger partial charge in [0.05, 0.1) is 12.5 Å². The summed E-state index contributed by atoms with van der Waals surface area (Å²) in [6.07, 6.45) is 0.308. The largest absolute Gasteiger partial charge is 0.346 e. The van der Waals surface area contributed by atoms with Gasteiger partial charge in [-0.15, -0.1) is 0 Å². The quantitative estimate of drug-likeness (QED) is 0.887. The third-order valence-electron chi connectivity index (χ3n) is 2.72. The van der Waals surface area contributed by atoms with E-state index in [1.165, 1.54) is 0 Å². The fraction of sp³-hybridized carbons (Fsp3) is 0.467. The standard InChI is InChI=1S/C15H21NO2/c1-11(14(18)15(2,3)4)16-13(17)10-12-8-6-5-7-9-12/h5-9,11H,10H2,1-4H3,(H,16,17)/t11-/m0/s1. The molecule has 0 aliphatic rings. The molecule has 18 heavy (non-hydrogen) atoms. The van der Waals surface area contributed by atoms with E-state index in [1.54, 1.807) is 6.92 Å². The van der Waals surface area contributed by atoms with Crippen LogP contribution in [-0.4, -0.2) is 17.7 Å². The summed E-state index contributed by atoms with van der Waals surface area (Å²) in [5.74, 6) is -0.0739. The van der Waals surface area contributed by atoms with Crippen molar-refractivity contribution in [2.75, 3.05) is 0 Å². The summed E-state index contributed by atoms with van der Waals surface area (Å²) in [6, 6.07) is 9.05. The zero-order chi connectivity index (χ0) is 13.8. The maximum atomic E-state index is 11.9. The number of amides is 1. The van der Waals surface area contributed by atoms with Gasteiger partial charge in [0, 0.05) is 5.41 Å². The van der Waals surface area contributed by atoms with Crippen LogP contribution in [-0.2, 0) is 16.0 Å². The van der Waals surface area contributed by atoms with Crippen molar-refractivity contribution in [3.05, 3.63) is 35.9 Å². The third-order valence-corrected chi connectivity index (χ3v) is 2.72. The topological polar surface area (TPSA) is 46.2 Å². The summed E-state index contributed by atoms with van der Waals surface area (Å²) in [6.45, 7) is 7.30. The highest BCUT2D eigenvalue weighted by Gasteiger charge is 2.27. The Morgan fingerprint density at radius 2 is 1.72 bits per heavy atom. The molecular weight excluding hydrogens is 226 g/mol. The molecule has 0 bridgehead atoms. The van der Waals surface area contributed by atoms with Gasteiger partial charge in [-0.1, -0.05) is 51.1 Å². The normalized spacial score (nSPS) is 12.9. The van der Waals surface area contributed by atoms with Gasteiger partial charge in [0.1, 0.15) is 0 Å². The van der Waals surface area contributed by atoms with Crippen LogP contribution in [0.4, 0.5) is 0 Å². The SMILES string of the molecule is C[C@H](NC(=O)Cc1ccccc1)C(=O)C(C)(C)C. The van der Waals surface area contributed by atoms with Crippen LogP contribution in [0.5, 0.6) is 0 Å². The van der Waals surface area contributed by atoms with Gasteiger partial charge in [-0.25, -0.2) is 0 Å². The molecule has 0 fully saturated rings. The van der Waals surface area contributed by atoms with Crippen molar-refractivity contribution in [1.29, 1.82) is 0 Å². The first-order valence-corrected chi connectivity index (χ1v) is 6.18. The number of hydrogen-bond donors (Lipinski definition) is 1.